The first-order valence-corrected chi connectivity index (χ1v) is 9.71. The van der Waals surface area contributed by atoms with Gasteiger partial charge in [0.1, 0.15) is 5.82 Å². The lowest BCUT2D eigenvalue weighted by Gasteiger charge is -2.22. The molecule has 0 aliphatic heterocycles. The third-order valence-electron chi connectivity index (χ3n) is 4.94. The maximum Gasteiger partial charge on any atom is 0.416 e. The molecule has 3 rings (SSSR count). The Morgan fingerprint density at radius 2 is 1.68 bits per heavy atom. The van der Waals surface area contributed by atoms with E-state index in [-0.39, 0.29) is 0 Å². The van der Waals surface area contributed by atoms with Crippen LogP contribution in [0, 0.1) is 6.92 Å². The molecule has 8 heteroatoms. The summed E-state index contributed by atoms with van der Waals surface area (Å²) in [5.74, 6) is 0.718. The normalized spacial score (nSPS) is 12.3. The van der Waals surface area contributed by atoms with E-state index in [0.29, 0.717) is 29.6 Å². The lowest BCUT2D eigenvalue weighted by molar-refractivity contribution is -0.137. The van der Waals surface area contributed by atoms with Crippen molar-refractivity contribution in [3.05, 3.63) is 82.8 Å². The van der Waals surface area contributed by atoms with Crippen molar-refractivity contribution in [2.45, 2.75) is 38.9 Å². The summed E-state index contributed by atoms with van der Waals surface area (Å²) in [6.45, 7) is 6.13. The minimum Gasteiger partial charge on any atom is -0.383 e. The van der Waals surface area contributed by atoms with Crippen molar-refractivity contribution in [3.8, 4) is 0 Å². The number of halogens is 3. The van der Waals surface area contributed by atoms with Crippen molar-refractivity contribution < 1.29 is 13.2 Å². The molecule has 3 aromatic rings. The fourth-order valence-electron chi connectivity index (χ4n) is 3.04. The first kappa shape index (κ1) is 22.3. The Morgan fingerprint density at radius 1 is 1.00 bits per heavy atom. The number of hydrogen-bond acceptors (Lipinski definition) is 5. The molecular weight excluding hydrogens is 403 g/mol. The highest BCUT2D eigenvalue weighted by Crippen LogP contribution is 2.32. The lowest BCUT2D eigenvalue weighted by Crippen LogP contribution is -2.14. The predicted octanol–water partition coefficient (Wildman–Crippen LogP) is 5.38. The summed E-state index contributed by atoms with van der Waals surface area (Å²) < 4.78 is 38.4. The van der Waals surface area contributed by atoms with Crippen LogP contribution >= 0.6 is 0 Å². The largest absolute Gasteiger partial charge is 0.416 e. The molecule has 31 heavy (non-hydrogen) atoms. The Bertz CT molecular complexity index is 1040. The Labute approximate surface area is 179 Å². The quantitative estimate of drug-likeness (QED) is 0.552. The maximum absolute atomic E-state index is 12.8. The molecular formula is C23H24F3N5. The molecule has 0 amide bonds. The van der Waals surface area contributed by atoms with Gasteiger partial charge in [0.15, 0.2) is 0 Å². The zero-order chi connectivity index (χ0) is 22.6. The molecule has 0 saturated carbocycles. The van der Waals surface area contributed by atoms with E-state index in [1.165, 1.54) is 12.1 Å². The number of rotatable bonds is 6. The number of nitrogen functional groups attached to an aromatic ring is 1. The van der Waals surface area contributed by atoms with Gasteiger partial charge >= 0.3 is 6.18 Å². The van der Waals surface area contributed by atoms with Gasteiger partial charge < -0.3 is 11.1 Å². The number of nitrogens with one attached hydrogen (secondary N) is 1. The van der Waals surface area contributed by atoms with E-state index in [0.717, 1.165) is 23.4 Å². The number of aromatic nitrogens is 3. The Kier molecular flexibility index (Phi) is 6.29. The fraction of sp³-hybridized carbons (Fsp3) is 0.261. The molecule has 2 aromatic heterocycles. The van der Waals surface area contributed by atoms with Crippen LogP contribution in [0.2, 0.25) is 0 Å². The molecule has 0 radical (unpaired) electrons. The predicted molar refractivity (Wildman–Crippen MR) is 116 cm³/mol. The summed E-state index contributed by atoms with van der Waals surface area (Å²) >= 11 is 0. The summed E-state index contributed by atoms with van der Waals surface area (Å²) in [5, 5.41) is 3.10. The standard InChI is InChI=1S/C23H24F3N5/c1-15-19(20(27)31-21(30-15)29-14-18-6-4-5-13-28-18)11-12-22(2,3)16-7-9-17(10-8-16)23(24,25)26/h4-13H,14H2,1-3H3,(H3,27,29,30,31). The van der Waals surface area contributed by atoms with Crippen LogP contribution in [0.1, 0.15) is 41.9 Å². The third-order valence-corrected chi connectivity index (χ3v) is 4.94. The molecule has 0 unspecified atom stereocenters. The van der Waals surface area contributed by atoms with Crippen LogP contribution in [0.25, 0.3) is 6.08 Å². The van der Waals surface area contributed by atoms with Gasteiger partial charge in [-0.25, -0.2) is 4.98 Å². The molecule has 3 N–H and O–H groups in total. The number of hydrogen-bond donors (Lipinski definition) is 2. The summed E-state index contributed by atoms with van der Waals surface area (Å²) in [7, 11) is 0. The van der Waals surface area contributed by atoms with E-state index in [4.69, 9.17) is 5.73 Å². The van der Waals surface area contributed by atoms with Crippen molar-refractivity contribution >= 4 is 17.8 Å². The van der Waals surface area contributed by atoms with Crippen LogP contribution in [0.5, 0.6) is 0 Å². The van der Waals surface area contributed by atoms with Gasteiger partial charge in [-0.05, 0) is 36.8 Å². The molecule has 0 spiro atoms. The number of aryl methyl sites for hydroxylation is 1. The van der Waals surface area contributed by atoms with Crippen LogP contribution in [-0.4, -0.2) is 15.0 Å². The third kappa shape index (κ3) is 5.59. The first-order valence-electron chi connectivity index (χ1n) is 9.71. The maximum atomic E-state index is 12.8. The average Bonchev–Trinajstić information content (AvgIpc) is 2.72. The zero-order valence-electron chi connectivity index (χ0n) is 17.5. The number of nitrogens with two attached hydrogens (primary N) is 1. The summed E-state index contributed by atoms with van der Waals surface area (Å²) in [6.07, 6.45) is 1.06. The van der Waals surface area contributed by atoms with Crippen LogP contribution in [0.3, 0.4) is 0 Å². The van der Waals surface area contributed by atoms with Crippen LogP contribution < -0.4 is 11.1 Å². The van der Waals surface area contributed by atoms with E-state index < -0.39 is 17.2 Å². The molecule has 0 fully saturated rings. The van der Waals surface area contributed by atoms with E-state index in [1.54, 1.807) is 6.20 Å². The summed E-state index contributed by atoms with van der Waals surface area (Å²) in [6, 6.07) is 10.8. The van der Waals surface area contributed by atoms with Gasteiger partial charge in [0.25, 0.3) is 0 Å². The number of benzene rings is 1. The Balaban J connectivity index is 1.76. The second-order valence-corrected chi connectivity index (χ2v) is 7.74. The Morgan fingerprint density at radius 3 is 2.26 bits per heavy atom. The highest BCUT2D eigenvalue weighted by Gasteiger charge is 2.30. The summed E-state index contributed by atoms with van der Waals surface area (Å²) in [4.78, 5) is 13.0. The minimum absolute atomic E-state index is 0.315. The molecule has 5 nitrogen and oxygen atoms in total. The van der Waals surface area contributed by atoms with Gasteiger partial charge in [0, 0.05) is 17.2 Å². The van der Waals surface area contributed by atoms with Gasteiger partial charge in [0.2, 0.25) is 5.95 Å². The van der Waals surface area contributed by atoms with Crippen molar-refractivity contribution in [1.82, 2.24) is 15.0 Å². The van der Waals surface area contributed by atoms with Crippen molar-refractivity contribution in [2.24, 2.45) is 0 Å². The highest BCUT2D eigenvalue weighted by molar-refractivity contribution is 5.65. The average molecular weight is 427 g/mol. The number of pyridine rings is 1. The first-order chi connectivity index (χ1) is 14.6. The fourth-order valence-corrected chi connectivity index (χ4v) is 3.04. The molecule has 162 valence electrons. The van der Waals surface area contributed by atoms with Gasteiger partial charge in [-0.2, -0.15) is 18.2 Å². The van der Waals surface area contributed by atoms with Gasteiger partial charge in [-0.15, -0.1) is 0 Å². The number of nitrogens with zero attached hydrogens (tertiary/aromatic N) is 3. The molecule has 0 bridgehead atoms. The number of anilines is 2. The molecule has 0 aliphatic rings. The molecule has 0 atom stereocenters. The zero-order valence-corrected chi connectivity index (χ0v) is 17.5. The van der Waals surface area contributed by atoms with Crippen LogP contribution in [-0.2, 0) is 18.1 Å². The number of alkyl halides is 3. The van der Waals surface area contributed by atoms with Gasteiger partial charge in [0.05, 0.1) is 23.5 Å². The topological polar surface area (TPSA) is 76.7 Å². The molecule has 2 heterocycles. The van der Waals surface area contributed by atoms with Gasteiger partial charge in [-0.1, -0.05) is 44.2 Å². The molecule has 0 aliphatic carbocycles. The lowest BCUT2D eigenvalue weighted by atomic mass is 9.83. The monoisotopic (exact) mass is 427 g/mol. The Hall–Kier alpha value is -3.42. The van der Waals surface area contributed by atoms with E-state index in [9.17, 15) is 13.2 Å². The van der Waals surface area contributed by atoms with E-state index in [2.05, 4.69) is 20.3 Å². The molecule has 1 aromatic carbocycles. The number of allylic oxidation sites excluding steroid dienone is 1. The van der Waals surface area contributed by atoms with Crippen LogP contribution in [0.15, 0.2) is 54.7 Å². The van der Waals surface area contributed by atoms with Crippen LogP contribution in [0.4, 0.5) is 24.9 Å². The van der Waals surface area contributed by atoms with Crippen molar-refractivity contribution in [3.63, 3.8) is 0 Å². The van der Waals surface area contributed by atoms with Gasteiger partial charge in [-0.3, -0.25) is 4.98 Å². The minimum atomic E-state index is -4.35. The molecule has 0 saturated heterocycles. The second kappa shape index (κ2) is 8.75. The highest BCUT2D eigenvalue weighted by atomic mass is 19.4. The van der Waals surface area contributed by atoms with E-state index in [1.807, 2.05) is 51.1 Å². The smallest absolute Gasteiger partial charge is 0.383 e. The summed E-state index contributed by atoms with van der Waals surface area (Å²) in [5.41, 5.74) is 7.92. The van der Waals surface area contributed by atoms with Crippen molar-refractivity contribution in [1.29, 1.82) is 0 Å². The van der Waals surface area contributed by atoms with Crippen molar-refractivity contribution in [2.75, 3.05) is 11.1 Å². The van der Waals surface area contributed by atoms with E-state index >= 15 is 0 Å². The second-order valence-electron chi connectivity index (χ2n) is 7.74. The SMILES string of the molecule is Cc1nc(NCc2ccccn2)nc(N)c1C=CC(C)(C)c1ccc(C(F)(F)F)cc1.